The SMILES string of the molecule is NCCc1ccc(OCCCCN(Cc2ccccc2)C(=O)O)cc1. The highest BCUT2D eigenvalue weighted by Crippen LogP contribution is 2.13. The van der Waals surface area contributed by atoms with Gasteiger partial charge in [-0.25, -0.2) is 4.79 Å². The van der Waals surface area contributed by atoms with Crippen LogP contribution in [0.1, 0.15) is 24.0 Å². The van der Waals surface area contributed by atoms with E-state index >= 15 is 0 Å². The zero-order chi connectivity index (χ0) is 17.9. The van der Waals surface area contributed by atoms with Gasteiger partial charge in [0, 0.05) is 13.1 Å². The number of unbranched alkanes of at least 4 members (excludes halogenated alkanes) is 1. The van der Waals surface area contributed by atoms with Gasteiger partial charge >= 0.3 is 6.09 Å². The summed E-state index contributed by atoms with van der Waals surface area (Å²) in [6, 6.07) is 17.6. The lowest BCUT2D eigenvalue weighted by Gasteiger charge is -2.19. The van der Waals surface area contributed by atoms with E-state index in [2.05, 4.69) is 0 Å². The molecule has 1 amide bonds. The van der Waals surface area contributed by atoms with E-state index < -0.39 is 6.09 Å². The standard InChI is InChI=1S/C20H26N2O3/c21-13-12-17-8-10-19(11-9-17)25-15-5-4-14-22(20(23)24)16-18-6-2-1-3-7-18/h1-3,6-11H,4-5,12-16,21H2,(H,23,24). The van der Waals surface area contributed by atoms with Crippen LogP contribution >= 0.6 is 0 Å². The first-order chi connectivity index (χ1) is 12.2. The predicted octanol–water partition coefficient (Wildman–Crippen LogP) is 3.53. The summed E-state index contributed by atoms with van der Waals surface area (Å²) >= 11 is 0. The van der Waals surface area contributed by atoms with E-state index in [1.165, 1.54) is 10.5 Å². The number of carbonyl (C=O) groups is 1. The van der Waals surface area contributed by atoms with Gasteiger partial charge in [0.25, 0.3) is 0 Å². The number of hydrogen-bond donors (Lipinski definition) is 2. The zero-order valence-corrected chi connectivity index (χ0v) is 14.4. The van der Waals surface area contributed by atoms with Crippen molar-refractivity contribution in [3.8, 4) is 5.75 Å². The van der Waals surface area contributed by atoms with E-state index in [0.29, 0.717) is 26.2 Å². The molecular weight excluding hydrogens is 316 g/mol. The van der Waals surface area contributed by atoms with Gasteiger partial charge in [0.1, 0.15) is 5.75 Å². The number of carboxylic acid groups (broad SMARTS) is 1. The van der Waals surface area contributed by atoms with Crippen LogP contribution in [0.15, 0.2) is 54.6 Å². The lowest BCUT2D eigenvalue weighted by Crippen LogP contribution is -2.30. The molecule has 0 aliphatic rings. The van der Waals surface area contributed by atoms with Gasteiger partial charge in [0.05, 0.1) is 6.61 Å². The Morgan fingerprint density at radius 3 is 2.36 bits per heavy atom. The molecule has 0 aromatic heterocycles. The molecule has 0 unspecified atom stereocenters. The number of hydrogen-bond acceptors (Lipinski definition) is 3. The highest BCUT2D eigenvalue weighted by atomic mass is 16.5. The van der Waals surface area contributed by atoms with Gasteiger partial charge in [-0.3, -0.25) is 0 Å². The van der Waals surface area contributed by atoms with Gasteiger partial charge in [0.15, 0.2) is 0 Å². The molecule has 0 fully saturated rings. The van der Waals surface area contributed by atoms with Crippen molar-refractivity contribution in [2.24, 2.45) is 5.73 Å². The van der Waals surface area contributed by atoms with E-state index in [0.717, 1.165) is 30.6 Å². The first-order valence-electron chi connectivity index (χ1n) is 8.62. The van der Waals surface area contributed by atoms with Crippen molar-refractivity contribution in [2.45, 2.75) is 25.8 Å². The summed E-state index contributed by atoms with van der Waals surface area (Å²) in [6.45, 7) is 2.14. The molecule has 2 aromatic carbocycles. The normalized spacial score (nSPS) is 10.4. The second-order valence-corrected chi connectivity index (χ2v) is 5.93. The summed E-state index contributed by atoms with van der Waals surface area (Å²) in [4.78, 5) is 12.8. The van der Waals surface area contributed by atoms with Gasteiger partial charge in [-0.05, 0) is 49.1 Å². The smallest absolute Gasteiger partial charge is 0.407 e. The average molecular weight is 342 g/mol. The first-order valence-corrected chi connectivity index (χ1v) is 8.62. The van der Waals surface area contributed by atoms with Crippen LogP contribution in [-0.2, 0) is 13.0 Å². The Labute approximate surface area is 149 Å². The molecule has 2 rings (SSSR count). The highest BCUT2D eigenvalue weighted by molar-refractivity contribution is 5.64. The van der Waals surface area contributed by atoms with Crippen LogP contribution in [0.3, 0.4) is 0 Å². The predicted molar refractivity (Wildman–Crippen MR) is 98.8 cm³/mol. The molecule has 25 heavy (non-hydrogen) atoms. The number of nitrogens with two attached hydrogens (primary N) is 1. The van der Waals surface area contributed by atoms with Gasteiger partial charge in [0.2, 0.25) is 0 Å². The molecule has 0 radical (unpaired) electrons. The van der Waals surface area contributed by atoms with E-state index in [4.69, 9.17) is 10.5 Å². The summed E-state index contributed by atoms with van der Waals surface area (Å²) in [5.74, 6) is 0.833. The van der Waals surface area contributed by atoms with E-state index in [9.17, 15) is 9.90 Å². The van der Waals surface area contributed by atoms with Crippen LogP contribution in [0.2, 0.25) is 0 Å². The molecule has 0 bridgehead atoms. The summed E-state index contributed by atoms with van der Waals surface area (Å²) in [5, 5.41) is 9.32. The van der Waals surface area contributed by atoms with E-state index in [-0.39, 0.29) is 0 Å². The molecule has 0 aliphatic carbocycles. The maximum atomic E-state index is 11.4. The molecule has 0 heterocycles. The van der Waals surface area contributed by atoms with Gasteiger partial charge < -0.3 is 20.5 Å². The number of amides is 1. The van der Waals surface area contributed by atoms with Crippen molar-refractivity contribution >= 4 is 6.09 Å². The lowest BCUT2D eigenvalue weighted by atomic mass is 10.1. The fourth-order valence-corrected chi connectivity index (χ4v) is 2.56. The van der Waals surface area contributed by atoms with Crippen molar-refractivity contribution in [1.29, 1.82) is 0 Å². The Morgan fingerprint density at radius 1 is 1.00 bits per heavy atom. The van der Waals surface area contributed by atoms with Crippen molar-refractivity contribution in [1.82, 2.24) is 4.90 Å². The Kier molecular flexibility index (Phi) is 7.79. The van der Waals surface area contributed by atoms with Crippen molar-refractivity contribution < 1.29 is 14.6 Å². The molecule has 0 spiro atoms. The summed E-state index contributed by atoms with van der Waals surface area (Å²) in [7, 11) is 0. The van der Waals surface area contributed by atoms with E-state index in [1.807, 2.05) is 54.6 Å². The molecule has 0 saturated heterocycles. The molecule has 0 saturated carbocycles. The summed E-state index contributed by atoms with van der Waals surface area (Å²) in [6.07, 6.45) is 1.56. The minimum Gasteiger partial charge on any atom is -0.494 e. The fourth-order valence-electron chi connectivity index (χ4n) is 2.56. The maximum absolute atomic E-state index is 11.4. The average Bonchev–Trinajstić information content (AvgIpc) is 2.63. The third kappa shape index (κ3) is 6.85. The third-order valence-corrected chi connectivity index (χ3v) is 3.93. The first kappa shape index (κ1) is 18.8. The third-order valence-electron chi connectivity index (χ3n) is 3.93. The minimum atomic E-state index is -0.889. The molecule has 0 atom stereocenters. The van der Waals surface area contributed by atoms with Crippen LogP contribution in [0, 0.1) is 0 Å². The number of nitrogens with zero attached hydrogens (tertiary/aromatic N) is 1. The Balaban J connectivity index is 1.68. The largest absolute Gasteiger partial charge is 0.494 e. The number of rotatable bonds is 10. The Hall–Kier alpha value is -2.53. The second kappa shape index (κ2) is 10.4. The van der Waals surface area contributed by atoms with Crippen LogP contribution < -0.4 is 10.5 Å². The topological polar surface area (TPSA) is 75.8 Å². The molecule has 134 valence electrons. The number of benzene rings is 2. The molecule has 5 heteroatoms. The van der Waals surface area contributed by atoms with Gasteiger partial charge in [-0.1, -0.05) is 42.5 Å². The number of ether oxygens (including phenoxy) is 1. The molecular formula is C20H26N2O3. The Bertz CT molecular complexity index is 629. The van der Waals surface area contributed by atoms with E-state index in [1.54, 1.807) is 0 Å². The highest BCUT2D eigenvalue weighted by Gasteiger charge is 2.11. The van der Waals surface area contributed by atoms with Crippen LogP contribution in [0.4, 0.5) is 4.79 Å². The molecule has 5 nitrogen and oxygen atoms in total. The summed E-state index contributed by atoms with van der Waals surface area (Å²) < 4.78 is 5.70. The van der Waals surface area contributed by atoms with Crippen LogP contribution in [0.5, 0.6) is 5.75 Å². The zero-order valence-electron chi connectivity index (χ0n) is 14.4. The fraction of sp³-hybridized carbons (Fsp3) is 0.350. The van der Waals surface area contributed by atoms with Crippen LogP contribution in [0.25, 0.3) is 0 Å². The molecule has 2 aromatic rings. The molecule has 3 N–H and O–H groups in total. The minimum absolute atomic E-state index is 0.416. The van der Waals surface area contributed by atoms with Crippen molar-refractivity contribution in [2.75, 3.05) is 19.7 Å². The lowest BCUT2D eigenvalue weighted by molar-refractivity contribution is 0.140. The van der Waals surface area contributed by atoms with Crippen LogP contribution in [-0.4, -0.2) is 35.8 Å². The summed E-state index contributed by atoms with van der Waals surface area (Å²) in [5.41, 5.74) is 7.73. The van der Waals surface area contributed by atoms with Gasteiger partial charge in [-0.15, -0.1) is 0 Å². The van der Waals surface area contributed by atoms with Crippen molar-refractivity contribution in [3.63, 3.8) is 0 Å². The Morgan fingerprint density at radius 2 is 1.72 bits per heavy atom. The van der Waals surface area contributed by atoms with Crippen molar-refractivity contribution in [3.05, 3.63) is 65.7 Å². The monoisotopic (exact) mass is 342 g/mol. The quantitative estimate of drug-likeness (QED) is 0.648. The van der Waals surface area contributed by atoms with Gasteiger partial charge in [-0.2, -0.15) is 0 Å². The molecule has 0 aliphatic heterocycles. The maximum Gasteiger partial charge on any atom is 0.407 e. The second-order valence-electron chi connectivity index (χ2n) is 5.93.